The van der Waals surface area contributed by atoms with Crippen LogP contribution in [0.15, 0.2) is 0 Å². The van der Waals surface area contributed by atoms with E-state index in [0.29, 0.717) is 11.5 Å². The SMILES string of the molecule is FC(F)(F)CSCCS. The van der Waals surface area contributed by atoms with E-state index in [0.717, 1.165) is 11.8 Å². The van der Waals surface area contributed by atoms with Crippen molar-refractivity contribution >= 4 is 24.4 Å². The molecule has 0 amide bonds. The number of hydrogen-bond donors (Lipinski definition) is 1. The summed E-state index contributed by atoms with van der Waals surface area (Å²) in [5.74, 6) is 0.205. The van der Waals surface area contributed by atoms with Gasteiger partial charge in [-0.15, -0.1) is 0 Å². The Labute approximate surface area is 61.6 Å². The van der Waals surface area contributed by atoms with E-state index in [1.165, 1.54) is 0 Å². The summed E-state index contributed by atoms with van der Waals surface area (Å²) in [6.07, 6.45) is -4.02. The predicted molar refractivity (Wildman–Crippen MR) is 37.2 cm³/mol. The lowest BCUT2D eigenvalue weighted by Crippen LogP contribution is -2.11. The Morgan fingerprint density at radius 3 is 2.22 bits per heavy atom. The number of halogens is 3. The van der Waals surface area contributed by atoms with Gasteiger partial charge in [0.1, 0.15) is 0 Å². The highest BCUT2D eigenvalue weighted by atomic mass is 32.2. The normalized spacial score (nSPS) is 12.0. The first kappa shape index (κ1) is 9.49. The van der Waals surface area contributed by atoms with Gasteiger partial charge in [0, 0.05) is 5.75 Å². The van der Waals surface area contributed by atoms with E-state index in [-0.39, 0.29) is 0 Å². The molecule has 0 aromatic heterocycles. The molecular formula is C4H7F3S2. The van der Waals surface area contributed by atoms with Crippen LogP contribution >= 0.6 is 24.4 Å². The first-order valence-corrected chi connectivity index (χ1v) is 4.10. The third-order valence-corrected chi connectivity index (χ3v) is 2.05. The molecule has 0 rings (SSSR count). The fourth-order valence-corrected chi connectivity index (χ4v) is 1.14. The highest BCUT2D eigenvalue weighted by Gasteiger charge is 2.26. The average Bonchev–Trinajstić information content (AvgIpc) is 1.63. The molecular weight excluding hydrogens is 169 g/mol. The molecule has 0 saturated heterocycles. The summed E-state index contributed by atoms with van der Waals surface area (Å²) in [6.45, 7) is 0. The van der Waals surface area contributed by atoms with E-state index < -0.39 is 11.9 Å². The number of thioether (sulfide) groups is 1. The maximum absolute atomic E-state index is 11.3. The number of thiol groups is 1. The molecule has 5 heteroatoms. The molecule has 0 fully saturated rings. The minimum absolute atomic E-state index is 0.461. The second-order valence-corrected chi connectivity index (χ2v) is 2.94. The van der Waals surface area contributed by atoms with Crippen molar-refractivity contribution in [2.24, 2.45) is 0 Å². The average molecular weight is 176 g/mol. The second-order valence-electron chi connectivity index (χ2n) is 1.39. The summed E-state index contributed by atoms with van der Waals surface area (Å²) in [5.41, 5.74) is 0. The molecule has 0 N–H and O–H groups in total. The highest BCUT2D eigenvalue weighted by Crippen LogP contribution is 2.20. The van der Waals surface area contributed by atoms with Gasteiger partial charge in [-0.1, -0.05) is 0 Å². The Kier molecular flexibility index (Phi) is 4.56. The van der Waals surface area contributed by atoms with Crippen LogP contribution in [0.3, 0.4) is 0 Å². The monoisotopic (exact) mass is 176 g/mol. The van der Waals surface area contributed by atoms with Crippen LogP contribution in [-0.2, 0) is 0 Å². The molecule has 0 saturated carbocycles. The Balaban J connectivity index is 3.07. The topological polar surface area (TPSA) is 0 Å². The summed E-state index contributed by atoms with van der Waals surface area (Å²) in [5, 5.41) is 0. The van der Waals surface area contributed by atoms with Crippen molar-refractivity contribution < 1.29 is 13.2 Å². The minimum atomic E-state index is -4.02. The Morgan fingerprint density at radius 2 is 1.89 bits per heavy atom. The molecule has 0 aliphatic carbocycles. The molecule has 0 bridgehead atoms. The van der Waals surface area contributed by atoms with E-state index in [1.54, 1.807) is 0 Å². The van der Waals surface area contributed by atoms with Crippen LogP contribution in [0, 0.1) is 0 Å². The zero-order valence-electron chi connectivity index (χ0n) is 4.61. The van der Waals surface area contributed by atoms with Gasteiger partial charge in [0.25, 0.3) is 0 Å². The smallest absolute Gasteiger partial charge is 0.179 e. The van der Waals surface area contributed by atoms with Crippen molar-refractivity contribution in [2.75, 3.05) is 17.3 Å². The third-order valence-electron chi connectivity index (χ3n) is 0.501. The molecule has 0 aliphatic rings. The van der Waals surface area contributed by atoms with Gasteiger partial charge in [0.2, 0.25) is 0 Å². The maximum Gasteiger partial charge on any atom is 0.397 e. The van der Waals surface area contributed by atoms with Gasteiger partial charge in [-0.3, -0.25) is 0 Å². The Bertz CT molecular complexity index is 70.7. The fraction of sp³-hybridized carbons (Fsp3) is 1.00. The third kappa shape index (κ3) is 8.49. The van der Waals surface area contributed by atoms with Gasteiger partial charge in [0.05, 0.1) is 5.75 Å². The first-order valence-electron chi connectivity index (χ1n) is 2.31. The van der Waals surface area contributed by atoms with Crippen LogP contribution in [0.4, 0.5) is 13.2 Å². The standard InChI is InChI=1S/C4H7F3S2/c5-4(6,7)3-9-2-1-8/h8H,1-3H2. The van der Waals surface area contributed by atoms with E-state index in [9.17, 15) is 13.2 Å². The largest absolute Gasteiger partial charge is 0.397 e. The van der Waals surface area contributed by atoms with Crippen LogP contribution in [0.25, 0.3) is 0 Å². The molecule has 0 aliphatic heterocycles. The number of hydrogen-bond acceptors (Lipinski definition) is 2. The van der Waals surface area contributed by atoms with Crippen LogP contribution in [0.1, 0.15) is 0 Å². The molecule has 0 spiro atoms. The number of rotatable bonds is 3. The van der Waals surface area contributed by atoms with Crippen molar-refractivity contribution in [1.29, 1.82) is 0 Å². The van der Waals surface area contributed by atoms with E-state index in [1.807, 2.05) is 0 Å². The summed E-state index contributed by atoms with van der Waals surface area (Å²) >= 11 is 4.62. The van der Waals surface area contributed by atoms with Crippen molar-refractivity contribution in [3.63, 3.8) is 0 Å². The van der Waals surface area contributed by atoms with Crippen LogP contribution in [0.2, 0.25) is 0 Å². The van der Waals surface area contributed by atoms with E-state index >= 15 is 0 Å². The van der Waals surface area contributed by atoms with Gasteiger partial charge in [-0.05, 0) is 5.75 Å². The van der Waals surface area contributed by atoms with Crippen molar-refractivity contribution in [1.82, 2.24) is 0 Å². The quantitative estimate of drug-likeness (QED) is 0.508. The lowest BCUT2D eigenvalue weighted by atomic mass is 10.8. The number of alkyl halides is 3. The van der Waals surface area contributed by atoms with E-state index in [4.69, 9.17) is 0 Å². The van der Waals surface area contributed by atoms with E-state index in [2.05, 4.69) is 12.6 Å². The summed E-state index contributed by atoms with van der Waals surface area (Å²) < 4.78 is 34.0. The summed E-state index contributed by atoms with van der Waals surface area (Å²) in [6, 6.07) is 0. The lowest BCUT2D eigenvalue weighted by Gasteiger charge is -2.03. The Hall–Kier alpha value is 0.490. The zero-order chi connectivity index (χ0) is 7.33. The predicted octanol–water partition coefficient (Wildman–Crippen LogP) is 2.21. The van der Waals surface area contributed by atoms with Crippen LogP contribution in [0.5, 0.6) is 0 Å². The lowest BCUT2D eigenvalue weighted by molar-refractivity contribution is -0.105. The van der Waals surface area contributed by atoms with Crippen molar-refractivity contribution in [3.8, 4) is 0 Å². The molecule has 56 valence electrons. The molecule has 0 unspecified atom stereocenters. The summed E-state index contributed by atoms with van der Waals surface area (Å²) in [4.78, 5) is 0. The van der Waals surface area contributed by atoms with Gasteiger partial charge in [-0.25, -0.2) is 0 Å². The molecule has 0 nitrogen and oxygen atoms in total. The van der Waals surface area contributed by atoms with Gasteiger partial charge < -0.3 is 0 Å². The van der Waals surface area contributed by atoms with Crippen LogP contribution < -0.4 is 0 Å². The molecule has 0 aromatic carbocycles. The van der Waals surface area contributed by atoms with Gasteiger partial charge in [0.15, 0.2) is 0 Å². The zero-order valence-corrected chi connectivity index (χ0v) is 6.32. The maximum atomic E-state index is 11.3. The van der Waals surface area contributed by atoms with Crippen molar-refractivity contribution in [2.45, 2.75) is 6.18 Å². The Morgan fingerprint density at radius 1 is 1.33 bits per heavy atom. The van der Waals surface area contributed by atoms with Gasteiger partial charge >= 0.3 is 6.18 Å². The van der Waals surface area contributed by atoms with Gasteiger partial charge in [-0.2, -0.15) is 37.6 Å². The molecule has 9 heavy (non-hydrogen) atoms. The molecule has 0 atom stereocenters. The summed E-state index contributed by atoms with van der Waals surface area (Å²) in [7, 11) is 0. The fourth-order valence-electron chi connectivity index (χ4n) is 0.252. The van der Waals surface area contributed by atoms with Crippen LogP contribution in [-0.4, -0.2) is 23.4 Å². The molecule has 0 aromatic rings. The first-order chi connectivity index (χ1) is 4.06. The molecule has 0 heterocycles. The highest BCUT2D eigenvalue weighted by molar-refractivity contribution is 8.00. The minimum Gasteiger partial charge on any atom is -0.179 e. The molecule has 0 radical (unpaired) electrons. The second kappa shape index (κ2) is 4.33. The van der Waals surface area contributed by atoms with Crippen molar-refractivity contribution in [3.05, 3.63) is 0 Å².